The van der Waals surface area contributed by atoms with E-state index in [0.717, 1.165) is 0 Å². The summed E-state index contributed by atoms with van der Waals surface area (Å²) in [4.78, 5) is 39.8. The number of nitrogens with one attached hydrogen (secondary N) is 1. The fraction of sp³-hybridized carbons (Fsp3) is 0.312. The standard InChI is InChI=1S/C16H16N2O5/c19-14-11(5-6-12(17-14)13-4-2-8-23-13)15(20)18-7-1-3-10(9-18)16(21)22/h2,4-6,8,10H,1,3,7,9H2,(H,17,19)(H,21,22)/t10-/m0/s1. The number of H-pyrrole nitrogens is 1. The second-order valence-electron chi connectivity index (χ2n) is 5.52. The highest BCUT2D eigenvalue weighted by atomic mass is 16.4. The predicted molar refractivity (Wildman–Crippen MR) is 81.0 cm³/mol. The Morgan fingerprint density at radius 3 is 2.78 bits per heavy atom. The van der Waals surface area contributed by atoms with Gasteiger partial charge in [-0.1, -0.05) is 0 Å². The lowest BCUT2D eigenvalue weighted by atomic mass is 9.98. The highest BCUT2D eigenvalue weighted by Gasteiger charge is 2.29. The molecule has 0 unspecified atom stereocenters. The van der Waals surface area contributed by atoms with Crippen LogP contribution < -0.4 is 5.56 Å². The molecule has 7 nitrogen and oxygen atoms in total. The topological polar surface area (TPSA) is 104 Å². The number of hydrogen-bond acceptors (Lipinski definition) is 4. The maximum absolute atomic E-state index is 12.5. The molecule has 1 atom stereocenters. The molecular formula is C16H16N2O5. The van der Waals surface area contributed by atoms with Crippen molar-refractivity contribution in [2.24, 2.45) is 5.92 Å². The summed E-state index contributed by atoms with van der Waals surface area (Å²) >= 11 is 0. The van der Waals surface area contributed by atoms with E-state index in [1.165, 1.54) is 17.2 Å². The van der Waals surface area contributed by atoms with Gasteiger partial charge in [0.25, 0.3) is 11.5 Å². The van der Waals surface area contributed by atoms with Gasteiger partial charge in [-0.2, -0.15) is 0 Å². The third kappa shape index (κ3) is 3.03. The van der Waals surface area contributed by atoms with Crippen LogP contribution in [-0.2, 0) is 4.79 Å². The zero-order chi connectivity index (χ0) is 16.4. The van der Waals surface area contributed by atoms with Gasteiger partial charge < -0.3 is 19.4 Å². The van der Waals surface area contributed by atoms with Crippen molar-refractivity contribution in [2.45, 2.75) is 12.8 Å². The average Bonchev–Trinajstić information content (AvgIpc) is 3.08. The second-order valence-corrected chi connectivity index (χ2v) is 5.52. The lowest BCUT2D eigenvalue weighted by molar-refractivity contribution is -0.143. The minimum atomic E-state index is -0.912. The molecule has 2 aromatic rings. The Labute approximate surface area is 131 Å². The van der Waals surface area contributed by atoms with E-state index in [2.05, 4.69) is 4.98 Å². The second kappa shape index (κ2) is 6.12. The van der Waals surface area contributed by atoms with Crippen LogP contribution >= 0.6 is 0 Å². The number of hydrogen-bond donors (Lipinski definition) is 2. The number of pyridine rings is 1. The Morgan fingerprint density at radius 1 is 1.30 bits per heavy atom. The SMILES string of the molecule is O=C(O)[C@H]1CCCN(C(=O)c2ccc(-c3ccco3)[nH]c2=O)C1. The van der Waals surface area contributed by atoms with Gasteiger partial charge in [0.05, 0.1) is 17.9 Å². The first-order valence-corrected chi connectivity index (χ1v) is 7.35. The third-order valence-corrected chi connectivity index (χ3v) is 3.98. The highest BCUT2D eigenvalue weighted by Crippen LogP contribution is 2.19. The number of carbonyl (C=O) groups is 2. The Balaban J connectivity index is 1.82. The van der Waals surface area contributed by atoms with Crippen LogP contribution in [0.15, 0.2) is 39.7 Å². The summed E-state index contributed by atoms with van der Waals surface area (Å²) < 4.78 is 5.20. The Bertz CT molecular complexity index is 778. The van der Waals surface area contributed by atoms with Crippen LogP contribution in [0.25, 0.3) is 11.5 Å². The molecule has 7 heteroatoms. The molecule has 1 aliphatic heterocycles. The fourth-order valence-electron chi connectivity index (χ4n) is 2.75. The molecule has 2 aromatic heterocycles. The molecule has 1 amide bonds. The van der Waals surface area contributed by atoms with Gasteiger partial charge in [0.15, 0.2) is 0 Å². The van der Waals surface area contributed by atoms with Gasteiger partial charge in [0.2, 0.25) is 0 Å². The van der Waals surface area contributed by atoms with Gasteiger partial charge >= 0.3 is 5.97 Å². The van der Waals surface area contributed by atoms with Crippen molar-refractivity contribution in [3.8, 4) is 11.5 Å². The number of aromatic amines is 1. The van der Waals surface area contributed by atoms with Crippen molar-refractivity contribution >= 4 is 11.9 Å². The first kappa shape index (κ1) is 15.1. The van der Waals surface area contributed by atoms with Crippen LogP contribution in [-0.4, -0.2) is 40.0 Å². The van der Waals surface area contributed by atoms with Crippen molar-refractivity contribution in [3.05, 3.63) is 46.4 Å². The molecule has 1 fully saturated rings. The number of nitrogens with zero attached hydrogens (tertiary/aromatic N) is 1. The molecule has 23 heavy (non-hydrogen) atoms. The van der Waals surface area contributed by atoms with Crippen molar-refractivity contribution in [1.29, 1.82) is 0 Å². The summed E-state index contributed by atoms with van der Waals surface area (Å²) in [5.41, 5.74) is -0.0219. The van der Waals surface area contributed by atoms with E-state index >= 15 is 0 Å². The van der Waals surface area contributed by atoms with Crippen LogP contribution in [0.1, 0.15) is 23.2 Å². The molecular weight excluding hydrogens is 300 g/mol. The van der Waals surface area contributed by atoms with Crippen molar-refractivity contribution in [3.63, 3.8) is 0 Å². The third-order valence-electron chi connectivity index (χ3n) is 3.98. The Morgan fingerprint density at radius 2 is 2.13 bits per heavy atom. The molecule has 3 rings (SSSR count). The van der Waals surface area contributed by atoms with Gasteiger partial charge in [-0.05, 0) is 37.1 Å². The van der Waals surface area contributed by atoms with Crippen molar-refractivity contribution in [2.75, 3.05) is 13.1 Å². The smallest absolute Gasteiger partial charge is 0.308 e. The molecule has 120 valence electrons. The summed E-state index contributed by atoms with van der Waals surface area (Å²) in [6, 6.07) is 6.46. The minimum Gasteiger partial charge on any atom is -0.481 e. The lowest BCUT2D eigenvalue weighted by Gasteiger charge is -2.30. The first-order valence-electron chi connectivity index (χ1n) is 7.35. The molecule has 1 aliphatic rings. The number of aromatic nitrogens is 1. The van der Waals surface area contributed by atoms with Gasteiger partial charge in [-0.25, -0.2) is 0 Å². The number of carbonyl (C=O) groups excluding carboxylic acids is 1. The first-order chi connectivity index (χ1) is 11.1. The van der Waals surface area contributed by atoms with E-state index < -0.39 is 23.4 Å². The molecule has 2 N–H and O–H groups in total. The van der Waals surface area contributed by atoms with Crippen LogP contribution in [0.2, 0.25) is 0 Å². The number of rotatable bonds is 3. The van der Waals surface area contributed by atoms with Crippen molar-refractivity contribution < 1.29 is 19.1 Å². The zero-order valence-electron chi connectivity index (χ0n) is 12.3. The fourth-order valence-corrected chi connectivity index (χ4v) is 2.75. The Hall–Kier alpha value is -2.83. The van der Waals surface area contributed by atoms with Crippen molar-refractivity contribution in [1.82, 2.24) is 9.88 Å². The number of aliphatic carboxylic acids is 1. The monoisotopic (exact) mass is 316 g/mol. The zero-order valence-corrected chi connectivity index (χ0v) is 12.3. The number of piperidine rings is 1. The molecule has 3 heterocycles. The molecule has 0 spiro atoms. The number of carboxylic acids is 1. The molecule has 1 saturated heterocycles. The van der Waals surface area contributed by atoms with E-state index in [-0.39, 0.29) is 12.1 Å². The normalized spacial score (nSPS) is 17.9. The van der Waals surface area contributed by atoms with E-state index in [1.54, 1.807) is 18.2 Å². The van der Waals surface area contributed by atoms with Crippen LogP contribution in [0.3, 0.4) is 0 Å². The molecule has 0 aliphatic carbocycles. The lowest BCUT2D eigenvalue weighted by Crippen LogP contribution is -2.43. The number of amides is 1. The van der Waals surface area contributed by atoms with E-state index in [4.69, 9.17) is 9.52 Å². The van der Waals surface area contributed by atoms with Gasteiger partial charge in [0.1, 0.15) is 11.3 Å². The van der Waals surface area contributed by atoms with Gasteiger partial charge in [-0.3, -0.25) is 14.4 Å². The largest absolute Gasteiger partial charge is 0.481 e. The predicted octanol–water partition coefficient (Wildman–Crippen LogP) is 1.57. The summed E-state index contributed by atoms with van der Waals surface area (Å²) in [5.74, 6) is -1.42. The summed E-state index contributed by atoms with van der Waals surface area (Å²) in [6.45, 7) is 0.593. The van der Waals surface area contributed by atoms with E-state index in [1.807, 2.05) is 0 Å². The molecule has 0 aromatic carbocycles. The van der Waals surface area contributed by atoms with E-state index in [0.29, 0.717) is 30.8 Å². The van der Waals surface area contributed by atoms with Crippen LogP contribution in [0.4, 0.5) is 0 Å². The molecule has 0 bridgehead atoms. The van der Waals surface area contributed by atoms with Crippen LogP contribution in [0, 0.1) is 5.92 Å². The maximum atomic E-state index is 12.5. The van der Waals surface area contributed by atoms with Gasteiger partial charge in [0, 0.05) is 13.1 Å². The Kier molecular flexibility index (Phi) is 4.01. The average molecular weight is 316 g/mol. The summed E-state index contributed by atoms with van der Waals surface area (Å²) in [6.07, 6.45) is 2.66. The number of furan rings is 1. The summed E-state index contributed by atoms with van der Waals surface area (Å²) in [7, 11) is 0. The highest BCUT2D eigenvalue weighted by molar-refractivity contribution is 5.94. The van der Waals surface area contributed by atoms with Gasteiger partial charge in [-0.15, -0.1) is 0 Å². The molecule has 0 saturated carbocycles. The maximum Gasteiger partial charge on any atom is 0.308 e. The quantitative estimate of drug-likeness (QED) is 0.894. The molecule has 0 radical (unpaired) electrons. The van der Waals surface area contributed by atoms with E-state index in [9.17, 15) is 14.4 Å². The number of carboxylic acid groups (broad SMARTS) is 1. The minimum absolute atomic E-state index is 0.00587. The summed E-state index contributed by atoms with van der Waals surface area (Å²) in [5, 5.41) is 9.09. The van der Waals surface area contributed by atoms with Crippen LogP contribution in [0.5, 0.6) is 0 Å². The number of likely N-dealkylation sites (tertiary alicyclic amines) is 1.